The monoisotopic (exact) mass is 431 g/mol. The van der Waals surface area contributed by atoms with Gasteiger partial charge in [-0.1, -0.05) is 29.3 Å². The predicted molar refractivity (Wildman–Crippen MR) is 115 cm³/mol. The molecule has 1 N–H and O–H groups in total. The first-order valence-electron chi connectivity index (χ1n) is 9.58. The van der Waals surface area contributed by atoms with E-state index in [4.69, 9.17) is 23.2 Å². The predicted octanol–water partition coefficient (Wildman–Crippen LogP) is 5.92. The third-order valence-electron chi connectivity index (χ3n) is 5.16. The molecular weight excluding hydrogens is 412 g/mol. The molecule has 0 spiro atoms. The number of piperidine rings is 1. The third-order valence-corrected chi connectivity index (χ3v) is 5.68. The van der Waals surface area contributed by atoms with Crippen molar-refractivity contribution in [3.63, 3.8) is 0 Å². The van der Waals surface area contributed by atoms with Gasteiger partial charge in [0, 0.05) is 36.2 Å². The van der Waals surface area contributed by atoms with E-state index in [0.717, 1.165) is 48.8 Å². The molecular formula is C22H20Cl2FN3O. The summed E-state index contributed by atoms with van der Waals surface area (Å²) in [5.74, 6) is -0.503. The van der Waals surface area contributed by atoms with Gasteiger partial charge in [-0.05, 0) is 55.2 Å². The van der Waals surface area contributed by atoms with Gasteiger partial charge in [-0.15, -0.1) is 0 Å². The average molecular weight is 432 g/mol. The van der Waals surface area contributed by atoms with Crippen molar-refractivity contribution in [3.05, 3.63) is 69.6 Å². The number of likely N-dealkylation sites (tertiary alicyclic amines) is 1. The van der Waals surface area contributed by atoms with Crippen LogP contribution in [0.3, 0.4) is 0 Å². The molecule has 29 heavy (non-hydrogen) atoms. The van der Waals surface area contributed by atoms with Crippen LogP contribution in [0.4, 0.5) is 10.1 Å². The molecule has 0 saturated carbocycles. The van der Waals surface area contributed by atoms with Gasteiger partial charge < -0.3 is 10.2 Å². The van der Waals surface area contributed by atoms with Crippen LogP contribution in [0.2, 0.25) is 10.0 Å². The Bertz CT molecular complexity index is 1070. The summed E-state index contributed by atoms with van der Waals surface area (Å²) in [4.78, 5) is 19.5. The number of benzene rings is 2. The van der Waals surface area contributed by atoms with E-state index < -0.39 is 5.82 Å². The average Bonchev–Trinajstić information content (AvgIpc) is 2.74. The number of anilines is 1. The van der Waals surface area contributed by atoms with Crippen LogP contribution in [0.25, 0.3) is 10.9 Å². The maximum Gasteiger partial charge on any atom is 0.257 e. The minimum Gasteiger partial charge on any atom is -0.380 e. The van der Waals surface area contributed by atoms with Gasteiger partial charge in [-0.2, -0.15) is 0 Å². The lowest BCUT2D eigenvalue weighted by molar-refractivity contribution is 0.0725. The van der Waals surface area contributed by atoms with Crippen LogP contribution in [0, 0.1) is 5.82 Å². The van der Waals surface area contributed by atoms with E-state index in [1.165, 1.54) is 6.07 Å². The van der Waals surface area contributed by atoms with Gasteiger partial charge in [0.15, 0.2) is 0 Å². The van der Waals surface area contributed by atoms with E-state index in [1.807, 2.05) is 11.0 Å². The van der Waals surface area contributed by atoms with Crippen molar-refractivity contribution in [1.82, 2.24) is 9.88 Å². The summed E-state index contributed by atoms with van der Waals surface area (Å²) in [6, 6.07) is 9.97. The molecule has 1 aliphatic rings. The number of fused-ring (bicyclic) bond motifs is 1. The Morgan fingerprint density at radius 1 is 1.10 bits per heavy atom. The molecule has 0 atom stereocenters. The standard InChI is InChI=1S/C22H20Cl2FN3O/c23-15-5-7-20-16(11-15)21(27-12-14-4-6-19(25)18(24)10-14)17(13-26-20)22(29)28-8-2-1-3-9-28/h4-7,10-11,13H,1-3,8-9,12H2,(H,26,27). The molecule has 0 aliphatic carbocycles. The van der Waals surface area contributed by atoms with Crippen LogP contribution in [-0.2, 0) is 6.54 Å². The van der Waals surface area contributed by atoms with E-state index >= 15 is 0 Å². The summed E-state index contributed by atoms with van der Waals surface area (Å²) < 4.78 is 13.5. The number of carbonyl (C=O) groups excluding carboxylic acids is 1. The van der Waals surface area contributed by atoms with Crippen LogP contribution in [0.5, 0.6) is 0 Å². The number of hydrogen-bond donors (Lipinski definition) is 1. The SMILES string of the molecule is O=C(c1cnc2ccc(Cl)cc2c1NCc1ccc(F)c(Cl)c1)N1CCCCC1. The van der Waals surface area contributed by atoms with E-state index in [0.29, 0.717) is 22.8 Å². The fourth-order valence-corrected chi connectivity index (χ4v) is 4.00. The van der Waals surface area contributed by atoms with Crippen molar-refractivity contribution in [3.8, 4) is 0 Å². The largest absolute Gasteiger partial charge is 0.380 e. The van der Waals surface area contributed by atoms with Crippen LogP contribution in [0.15, 0.2) is 42.6 Å². The van der Waals surface area contributed by atoms with Crippen LogP contribution >= 0.6 is 23.2 Å². The molecule has 0 unspecified atom stereocenters. The summed E-state index contributed by atoms with van der Waals surface area (Å²) in [5.41, 5.74) is 2.73. The second-order valence-corrected chi connectivity index (χ2v) is 8.01. The van der Waals surface area contributed by atoms with Crippen molar-refractivity contribution >= 4 is 45.7 Å². The molecule has 1 aromatic heterocycles. The number of amides is 1. The zero-order valence-corrected chi connectivity index (χ0v) is 17.2. The van der Waals surface area contributed by atoms with E-state index in [1.54, 1.807) is 30.5 Å². The zero-order chi connectivity index (χ0) is 20.4. The molecule has 4 nitrogen and oxygen atoms in total. The van der Waals surface area contributed by atoms with Crippen LogP contribution in [0.1, 0.15) is 35.2 Å². The first kappa shape index (κ1) is 19.9. The fourth-order valence-electron chi connectivity index (χ4n) is 3.62. The number of nitrogens with zero attached hydrogens (tertiary/aromatic N) is 2. The molecule has 1 saturated heterocycles. The minimum atomic E-state index is -0.461. The van der Waals surface area contributed by atoms with Crippen molar-refractivity contribution in [2.45, 2.75) is 25.8 Å². The molecule has 3 aromatic rings. The zero-order valence-electron chi connectivity index (χ0n) is 15.7. The van der Waals surface area contributed by atoms with Gasteiger partial charge in [0.05, 0.1) is 21.8 Å². The van der Waals surface area contributed by atoms with Crippen molar-refractivity contribution < 1.29 is 9.18 Å². The molecule has 150 valence electrons. The summed E-state index contributed by atoms with van der Waals surface area (Å²) in [6.45, 7) is 1.88. The molecule has 0 bridgehead atoms. The summed E-state index contributed by atoms with van der Waals surface area (Å²) >= 11 is 12.1. The Hall–Kier alpha value is -2.37. The highest BCUT2D eigenvalue weighted by Gasteiger charge is 2.23. The second-order valence-electron chi connectivity index (χ2n) is 7.16. The van der Waals surface area contributed by atoms with Gasteiger partial charge in [-0.3, -0.25) is 9.78 Å². The first-order valence-corrected chi connectivity index (χ1v) is 10.3. The number of pyridine rings is 1. The summed E-state index contributed by atoms with van der Waals surface area (Å²) in [5, 5.41) is 4.74. The lowest BCUT2D eigenvalue weighted by atomic mass is 10.1. The van der Waals surface area contributed by atoms with Gasteiger partial charge in [-0.25, -0.2) is 4.39 Å². The maximum absolute atomic E-state index is 13.5. The number of halogens is 3. The molecule has 0 radical (unpaired) electrons. The Balaban J connectivity index is 1.72. The molecule has 2 aromatic carbocycles. The van der Waals surface area contributed by atoms with Crippen molar-refractivity contribution in [2.75, 3.05) is 18.4 Å². The highest BCUT2D eigenvalue weighted by atomic mass is 35.5. The lowest BCUT2D eigenvalue weighted by Crippen LogP contribution is -2.36. The summed E-state index contributed by atoms with van der Waals surface area (Å²) in [6.07, 6.45) is 4.78. The normalized spacial score (nSPS) is 14.2. The van der Waals surface area contributed by atoms with Crippen molar-refractivity contribution in [1.29, 1.82) is 0 Å². The number of aromatic nitrogens is 1. The number of hydrogen-bond acceptors (Lipinski definition) is 3. The second kappa shape index (κ2) is 8.56. The molecule has 7 heteroatoms. The van der Waals surface area contributed by atoms with Crippen molar-refractivity contribution in [2.24, 2.45) is 0 Å². The number of carbonyl (C=O) groups is 1. The van der Waals surface area contributed by atoms with Gasteiger partial charge in [0.1, 0.15) is 5.82 Å². The molecule has 1 fully saturated rings. The fraction of sp³-hybridized carbons (Fsp3) is 0.273. The lowest BCUT2D eigenvalue weighted by Gasteiger charge is -2.27. The Kier molecular flexibility index (Phi) is 5.88. The van der Waals surface area contributed by atoms with E-state index in [9.17, 15) is 9.18 Å². The van der Waals surface area contributed by atoms with Gasteiger partial charge in [0.2, 0.25) is 0 Å². The Labute approximate surface area is 178 Å². The van der Waals surface area contributed by atoms with E-state index in [2.05, 4.69) is 10.3 Å². The smallest absolute Gasteiger partial charge is 0.257 e. The Morgan fingerprint density at radius 3 is 2.66 bits per heavy atom. The van der Waals surface area contributed by atoms with Gasteiger partial charge >= 0.3 is 0 Å². The quantitative estimate of drug-likeness (QED) is 0.557. The highest BCUT2D eigenvalue weighted by Crippen LogP contribution is 2.30. The first-order chi connectivity index (χ1) is 14.0. The minimum absolute atomic E-state index is 0.0429. The van der Waals surface area contributed by atoms with Crippen LogP contribution < -0.4 is 5.32 Å². The maximum atomic E-state index is 13.5. The van der Waals surface area contributed by atoms with Gasteiger partial charge in [0.25, 0.3) is 5.91 Å². The molecule has 1 amide bonds. The number of nitrogens with one attached hydrogen (secondary N) is 1. The topological polar surface area (TPSA) is 45.2 Å². The summed E-state index contributed by atoms with van der Waals surface area (Å²) in [7, 11) is 0. The Morgan fingerprint density at radius 2 is 1.90 bits per heavy atom. The molecule has 2 heterocycles. The molecule has 1 aliphatic heterocycles. The van der Waals surface area contributed by atoms with E-state index in [-0.39, 0.29) is 10.9 Å². The highest BCUT2D eigenvalue weighted by molar-refractivity contribution is 6.31. The third kappa shape index (κ3) is 4.31. The number of rotatable bonds is 4. The molecule has 4 rings (SSSR count). The van der Waals surface area contributed by atoms with Crippen LogP contribution in [-0.4, -0.2) is 28.9 Å².